The standard InChI is InChI=1S/C27H31N2/c1-18(2)21-12-9-13-22(19(3)4)27(21)29-17-16-25-26(29)15-14-24(28(25)6)23-11-8-7-10-20(23)5/h7-19H,1-6H3/q+1. The van der Waals surface area contributed by atoms with Crippen molar-refractivity contribution in [3.63, 3.8) is 0 Å². The van der Waals surface area contributed by atoms with E-state index in [1.165, 1.54) is 44.7 Å². The van der Waals surface area contributed by atoms with Crippen LogP contribution in [0, 0.1) is 6.92 Å². The van der Waals surface area contributed by atoms with Crippen LogP contribution in [-0.2, 0) is 7.05 Å². The van der Waals surface area contributed by atoms with Crippen molar-refractivity contribution >= 4 is 11.0 Å². The molecule has 0 unspecified atom stereocenters. The number of benzene rings is 2. The number of hydrogen-bond donors (Lipinski definition) is 0. The molecular weight excluding hydrogens is 352 g/mol. The van der Waals surface area contributed by atoms with Crippen molar-refractivity contribution in [1.82, 2.24) is 4.57 Å². The van der Waals surface area contributed by atoms with Crippen LogP contribution in [0.5, 0.6) is 0 Å². The zero-order chi connectivity index (χ0) is 20.7. The van der Waals surface area contributed by atoms with E-state index in [4.69, 9.17) is 0 Å². The fraction of sp³-hybridized carbons (Fsp3) is 0.296. The van der Waals surface area contributed by atoms with Gasteiger partial charge in [-0.05, 0) is 47.6 Å². The van der Waals surface area contributed by atoms with Gasteiger partial charge < -0.3 is 4.57 Å². The van der Waals surface area contributed by atoms with E-state index in [9.17, 15) is 0 Å². The van der Waals surface area contributed by atoms with Crippen molar-refractivity contribution in [2.45, 2.75) is 46.5 Å². The average molecular weight is 384 g/mol. The Bertz CT molecular complexity index is 1150. The number of para-hydroxylation sites is 1. The summed E-state index contributed by atoms with van der Waals surface area (Å²) in [4.78, 5) is 0. The number of aryl methyl sites for hydroxylation is 2. The highest BCUT2D eigenvalue weighted by atomic mass is 15.0. The van der Waals surface area contributed by atoms with Gasteiger partial charge in [0, 0.05) is 23.9 Å². The van der Waals surface area contributed by atoms with Crippen LogP contribution in [0.15, 0.2) is 66.9 Å². The molecule has 0 saturated heterocycles. The molecule has 2 heterocycles. The lowest BCUT2D eigenvalue weighted by atomic mass is 9.92. The Kier molecular flexibility index (Phi) is 5.04. The zero-order valence-corrected chi connectivity index (χ0v) is 18.4. The first kappa shape index (κ1) is 19.4. The first-order chi connectivity index (χ1) is 13.9. The van der Waals surface area contributed by atoms with Crippen molar-refractivity contribution in [2.24, 2.45) is 7.05 Å². The first-order valence-electron chi connectivity index (χ1n) is 10.6. The summed E-state index contributed by atoms with van der Waals surface area (Å²) in [5, 5.41) is 0. The van der Waals surface area contributed by atoms with Crippen molar-refractivity contribution < 1.29 is 4.57 Å². The quantitative estimate of drug-likeness (QED) is 0.348. The zero-order valence-electron chi connectivity index (χ0n) is 18.4. The summed E-state index contributed by atoms with van der Waals surface area (Å²) in [6, 6.07) is 22.1. The Morgan fingerprint density at radius 1 is 0.759 bits per heavy atom. The van der Waals surface area contributed by atoms with Crippen molar-refractivity contribution in [3.05, 3.63) is 83.6 Å². The molecule has 4 aromatic rings. The summed E-state index contributed by atoms with van der Waals surface area (Å²) in [6.07, 6.45) is 2.24. The molecule has 0 spiro atoms. The fourth-order valence-electron chi connectivity index (χ4n) is 4.40. The van der Waals surface area contributed by atoms with Gasteiger partial charge in [0.1, 0.15) is 12.6 Å². The van der Waals surface area contributed by atoms with Gasteiger partial charge in [0.25, 0.3) is 0 Å². The second-order valence-electron chi connectivity index (χ2n) is 8.64. The lowest BCUT2D eigenvalue weighted by Gasteiger charge is -2.21. The fourth-order valence-corrected chi connectivity index (χ4v) is 4.40. The molecule has 2 aromatic heterocycles. The van der Waals surface area contributed by atoms with Gasteiger partial charge in [-0.1, -0.05) is 64.1 Å². The molecule has 0 amide bonds. The number of nitrogens with zero attached hydrogens (tertiary/aromatic N) is 2. The maximum Gasteiger partial charge on any atom is 0.231 e. The third-order valence-electron chi connectivity index (χ3n) is 6.03. The molecule has 0 bridgehead atoms. The lowest BCUT2D eigenvalue weighted by molar-refractivity contribution is -0.633. The number of fused-ring (bicyclic) bond motifs is 1. The van der Waals surface area contributed by atoms with E-state index >= 15 is 0 Å². The number of rotatable bonds is 4. The van der Waals surface area contributed by atoms with Gasteiger partial charge in [-0.2, -0.15) is 4.57 Å². The molecule has 2 aromatic carbocycles. The Morgan fingerprint density at radius 3 is 2.03 bits per heavy atom. The van der Waals surface area contributed by atoms with Gasteiger partial charge in [0.2, 0.25) is 11.2 Å². The van der Waals surface area contributed by atoms with E-state index in [-0.39, 0.29) is 0 Å². The highest BCUT2D eigenvalue weighted by molar-refractivity contribution is 5.78. The Balaban J connectivity index is 1.98. The van der Waals surface area contributed by atoms with Crippen LogP contribution in [-0.4, -0.2) is 4.57 Å². The molecule has 29 heavy (non-hydrogen) atoms. The maximum absolute atomic E-state index is 2.39. The molecule has 0 aliphatic heterocycles. The predicted octanol–water partition coefficient (Wildman–Crippen LogP) is 6.68. The monoisotopic (exact) mass is 383 g/mol. The largest absolute Gasteiger partial charge is 0.311 e. The van der Waals surface area contributed by atoms with Crippen LogP contribution in [0.1, 0.15) is 56.2 Å². The van der Waals surface area contributed by atoms with Crippen molar-refractivity contribution in [1.29, 1.82) is 0 Å². The van der Waals surface area contributed by atoms with E-state index in [0.29, 0.717) is 11.8 Å². The Hall–Kier alpha value is -2.87. The van der Waals surface area contributed by atoms with Gasteiger partial charge in [0.05, 0.1) is 5.69 Å². The number of aromatic nitrogens is 2. The average Bonchev–Trinajstić information content (AvgIpc) is 3.13. The van der Waals surface area contributed by atoms with Crippen LogP contribution >= 0.6 is 0 Å². The third-order valence-corrected chi connectivity index (χ3v) is 6.03. The second-order valence-corrected chi connectivity index (χ2v) is 8.64. The minimum atomic E-state index is 0.473. The minimum Gasteiger partial charge on any atom is -0.311 e. The van der Waals surface area contributed by atoms with Crippen LogP contribution in [0.2, 0.25) is 0 Å². The topological polar surface area (TPSA) is 8.81 Å². The predicted molar refractivity (Wildman–Crippen MR) is 123 cm³/mol. The molecule has 2 heteroatoms. The highest BCUT2D eigenvalue weighted by Gasteiger charge is 2.21. The van der Waals surface area contributed by atoms with Gasteiger partial charge in [-0.3, -0.25) is 0 Å². The molecular formula is C27H31N2+. The van der Waals surface area contributed by atoms with Crippen LogP contribution < -0.4 is 4.57 Å². The Labute approximate surface area is 174 Å². The molecule has 148 valence electrons. The molecule has 4 rings (SSSR count). The number of hydrogen-bond acceptors (Lipinski definition) is 0. The van der Waals surface area contributed by atoms with Crippen molar-refractivity contribution in [2.75, 3.05) is 0 Å². The van der Waals surface area contributed by atoms with Gasteiger partial charge in [-0.25, -0.2) is 0 Å². The van der Waals surface area contributed by atoms with Gasteiger partial charge >= 0.3 is 0 Å². The summed E-state index contributed by atoms with van der Waals surface area (Å²) >= 11 is 0. The summed E-state index contributed by atoms with van der Waals surface area (Å²) in [6.45, 7) is 11.3. The SMILES string of the molecule is Cc1ccccc1-c1ccc2c(ccn2-c2c(C(C)C)cccc2C(C)C)[n+]1C. The molecule has 0 aliphatic carbocycles. The Morgan fingerprint density at radius 2 is 1.41 bits per heavy atom. The molecule has 0 aliphatic rings. The second kappa shape index (κ2) is 7.51. The highest BCUT2D eigenvalue weighted by Crippen LogP contribution is 2.33. The molecule has 0 fully saturated rings. The van der Waals surface area contributed by atoms with E-state index in [1.807, 2.05) is 0 Å². The first-order valence-corrected chi connectivity index (χ1v) is 10.6. The van der Waals surface area contributed by atoms with E-state index < -0.39 is 0 Å². The lowest BCUT2D eigenvalue weighted by Crippen LogP contribution is -2.31. The normalized spacial score (nSPS) is 11.7. The molecule has 0 N–H and O–H groups in total. The van der Waals surface area contributed by atoms with Crippen LogP contribution in [0.25, 0.3) is 28.0 Å². The molecule has 0 saturated carbocycles. The van der Waals surface area contributed by atoms with E-state index in [0.717, 1.165) is 0 Å². The minimum absolute atomic E-state index is 0.473. The van der Waals surface area contributed by atoms with Crippen LogP contribution in [0.4, 0.5) is 0 Å². The van der Waals surface area contributed by atoms with Gasteiger partial charge in [-0.15, -0.1) is 0 Å². The molecule has 0 radical (unpaired) electrons. The smallest absolute Gasteiger partial charge is 0.231 e. The van der Waals surface area contributed by atoms with E-state index in [2.05, 4.69) is 118 Å². The third kappa shape index (κ3) is 3.27. The summed E-state index contributed by atoms with van der Waals surface area (Å²) in [5.41, 5.74) is 10.5. The molecule has 0 atom stereocenters. The molecule has 2 nitrogen and oxygen atoms in total. The van der Waals surface area contributed by atoms with E-state index in [1.54, 1.807) is 0 Å². The summed E-state index contributed by atoms with van der Waals surface area (Å²) in [5.74, 6) is 0.947. The summed E-state index contributed by atoms with van der Waals surface area (Å²) < 4.78 is 4.71. The maximum atomic E-state index is 2.39. The number of pyridine rings is 1. The van der Waals surface area contributed by atoms with Gasteiger partial charge in [0.15, 0.2) is 0 Å². The van der Waals surface area contributed by atoms with Crippen molar-refractivity contribution in [3.8, 4) is 16.9 Å². The summed E-state index contributed by atoms with van der Waals surface area (Å²) in [7, 11) is 2.17. The van der Waals surface area contributed by atoms with Crippen LogP contribution in [0.3, 0.4) is 0 Å².